The highest BCUT2D eigenvalue weighted by molar-refractivity contribution is 7.91. The molecule has 2 aliphatic heterocycles. The molecule has 2 saturated heterocycles. The third-order valence-electron chi connectivity index (χ3n) is 6.24. The first-order valence-electron chi connectivity index (χ1n) is 9.90. The number of benzene rings is 1. The Hall–Kier alpha value is -2.43. The zero-order valence-electron chi connectivity index (χ0n) is 16.7. The first-order chi connectivity index (χ1) is 14.2. The summed E-state index contributed by atoms with van der Waals surface area (Å²) >= 11 is 0. The second-order valence-corrected chi connectivity index (χ2v) is 10.3. The number of nitrogens with zero attached hydrogens (tertiary/aromatic N) is 3. The van der Waals surface area contributed by atoms with Gasteiger partial charge in [0.15, 0.2) is 9.84 Å². The van der Waals surface area contributed by atoms with Crippen LogP contribution in [0, 0.1) is 0 Å². The summed E-state index contributed by atoms with van der Waals surface area (Å²) in [5, 5.41) is 20.0. The van der Waals surface area contributed by atoms with Crippen LogP contribution in [0.15, 0.2) is 24.4 Å². The first-order valence-corrected chi connectivity index (χ1v) is 11.7. The highest BCUT2D eigenvalue weighted by atomic mass is 32.2. The van der Waals surface area contributed by atoms with Crippen LogP contribution in [0.1, 0.15) is 28.4 Å². The lowest BCUT2D eigenvalue weighted by molar-refractivity contribution is -0.144. The van der Waals surface area contributed by atoms with Gasteiger partial charge in [0.2, 0.25) is 0 Å². The quantitative estimate of drug-likeness (QED) is 0.708. The average molecular weight is 436 g/mol. The van der Waals surface area contributed by atoms with Gasteiger partial charge in [-0.3, -0.25) is 14.6 Å². The molecule has 2 atom stereocenters. The molecule has 2 fully saturated rings. The largest absolute Gasteiger partial charge is 0.480 e. The number of aryl methyl sites for hydroxylation is 1. The molecule has 10 heteroatoms. The molecule has 0 spiro atoms. The fourth-order valence-electron chi connectivity index (χ4n) is 4.68. The van der Waals surface area contributed by atoms with Crippen LogP contribution >= 0.6 is 0 Å². The molecule has 0 bridgehead atoms. The second kappa shape index (κ2) is 7.68. The Bertz CT molecular complexity index is 1100. The highest BCUT2D eigenvalue weighted by Gasteiger charge is 2.37. The van der Waals surface area contributed by atoms with E-state index < -0.39 is 27.8 Å². The minimum atomic E-state index is -2.96. The van der Waals surface area contributed by atoms with Gasteiger partial charge < -0.3 is 14.8 Å². The van der Waals surface area contributed by atoms with Crippen molar-refractivity contribution in [3.8, 4) is 0 Å². The minimum Gasteiger partial charge on any atom is -0.480 e. The van der Waals surface area contributed by atoms with Crippen LogP contribution in [0.25, 0.3) is 10.9 Å². The van der Waals surface area contributed by atoms with E-state index in [-0.39, 0.29) is 23.1 Å². The number of sulfone groups is 1. The van der Waals surface area contributed by atoms with Crippen LogP contribution < -0.4 is 0 Å². The van der Waals surface area contributed by atoms with Crippen LogP contribution in [0.3, 0.4) is 0 Å². The van der Waals surface area contributed by atoms with Crippen molar-refractivity contribution in [1.29, 1.82) is 0 Å². The standard InChI is InChI=1S/C20H25N3O6S/c1-21-11-16(15-3-2-13(19(24)25)10-17(15)21)18(20(26)27)23-7-5-22(6-8-23)14-4-9-30(28,29)12-14/h2-3,10-11,14,18H,4-9,12H2,1H3,(H,24,25)(H,26,27)/t14-,18+/m1/s1. The summed E-state index contributed by atoms with van der Waals surface area (Å²) in [6.07, 6.45) is 2.39. The molecule has 0 radical (unpaired) electrons. The third-order valence-corrected chi connectivity index (χ3v) is 7.99. The lowest BCUT2D eigenvalue weighted by Crippen LogP contribution is -2.52. The van der Waals surface area contributed by atoms with Crippen molar-refractivity contribution in [1.82, 2.24) is 14.4 Å². The summed E-state index contributed by atoms with van der Waals surface area (Å²) < 4.78 is 25.3. The Morgan fingerprint density at radius 3 is 2.40 bits per heavy atom. The van der Waals surface area contributed by atoms with E-state index in [0.29, 0.717) is 43.7 Å². The molecule has 0 saturated carbocycles. The van der Waals surface area contributed by atoms with Gasteiger partial charge in [0.25, 0.3) is 0 Å². The molecule has 0 aliphatic carbocycles. The van der Waals surface area contributed by atoms with E-state index >= 15 is 0 Å². The van der Waals surface area contributed by atoms with E-state index in [1.807, 2.05) is 4.90 Å². The van der Waals surface area contributed by atoms with Crippen molar-refractivity contribution in [2.24, 2.45) is 7.05 Å². The maximum Gasteiger partial charge on any atom is 0.335 e. The maximum absolute atomic E-state index is 12.2. The normalized spacial score (nSPS) is 23.6. The Labute approximate surface area is 174 Å². The van der Waals surface area contributed by atoms with Crippen molar-refractivity contribution in [3.63, 3.8) is 0 Å². The number of carboxylic acids is 2. The van der Waals surface area contributed by atoms with Gasteiger partial charge in [-0.2, -0.15) is 0 Å². The van der Waals surface area contributed by atoms with Gasteiger partial charge in [-0.15, -0.1) is 0 Å². The Morgan fingerprint density at radius 2 is 1.83 bits per heavy atom. The molecular formula is C20H25N3O6S. The van der Waals surface area contributed by atoms with E-state index in [2.05, 4.69) is 4.90 Å². The number of hydrogen-bond donors (Lipinski definition) is 2. The number of rotatable bonds is 5. The van der Waals surface area contributed by atoms with Gasteiger partial charge in [0.05, 0.1) is 17.1 Å². The van der Waals surface area contributed by atoms with E-state index in [9.17, 15) is 28.2 Å². The number of hydrogen-bond acceptors (Lipinski definition) is 6. The van der Waals surface area contributed by atoms with E-state index in [1.165, 1.54) is 6.07 Å². The van der Waals surface area contributed by atoms with Crippen molar-refractivity contribution >= 4 is 32.7 Å². The topological polar surface area (TPSA) is 120 Å². The van der Waals surface area contributed by atoms with Gasteiger partial charge in [-0.05, 0) is 18.6 Å². The third kappa shape index (κ3) is 3.82. The SMILES string of the molecule is Cn1cc([C@@H](C(=O)O)N2CCN([C@@H]3CCS(=O)(=O)C3)CC2)c2ccc(C(=O)O)cc21. The predicted octanol–water partition coefficient (Wildman–Crippen LogP) is 0.807. The van der Waals surface area contributed by atoms with Gasteiger partial charge in [-0.1, -0.05) is 6.07 Å². The number of piperazine rings is 1. The van der Waals surface area contributed by atoms with E-state index in [4.69, 9.17) is 0 Å². The van der Waals surface area contributed by atoms with Gasteiger partial charge >= 0.3 is 11.9 Å². The number of aromatic nitrogens is 1. The lowest BCUT2D eigenvalue weighted by atomic mass is 10.0. The maximum atomic E-state index is 12.2. The average Bonchev–Trinajstić information content (AvgIpc) is 3.21. The molecule has 4 rings (SSSR count). The number of aromatic carboxylic acids is 1. The van der Waals surface area contributed by atoms with Crippen LogP contribution in [-0.4, -0.2) is 88.7 Å². The fourth-order valence-corrected chi connectivity index (χ4v) is 6.44. The molecule has 9 nitrogen and oxygen atoms in total. The smallest absolute Gasteiger partial charge is 0.335 e. The van der Waals surface area contributed by atoms with Gasteiger partial charge in [0.1, 0.15) is 6.04 Å². The molecule has 2 N–H and O–H groups in total. The Balaban J connectivity index is 1.57. The molecule has 0 amide bonds. The number of fused-ring (bicyclic) bond motifs is 1. The highest BCUT2D eigenvalue weighted by Crippen LogP contribution is 2.32. The summed E-state index contributed by atoms with van der Waals surface area (Å²) in [6.45, 7) is 2.30. The minimum absolute atomic E-state index is 0.0208. The summed E-state index contributed by atoms with van der Waals surface area (Å²) in [6, 6.07) is 3.89. The summed E-state index contributed by atoms with van der Waals surface area (Å²) in [5.74, 6) is -1.57. The molecule has 0 unspecified atom stereocenters. The summed E-state index contributed by atoms with van der Waals surface area (Å²) in [7, 11) is -1.18. The van der Waals surface area contributed by atoms with Gasteiger partial charge in [-0.25, -0.2) is 13.2 Å². The van der Waals surface area contributed by atoms with Crippen molar-refractivity contribution in [3.05, 3.63) is 35.5 Å². The Kier molecular flexibility index (Phi) is 5.33. The molecule has 2 aliphatic rings. The summed E-state index contributed by atoms with van der Waals surface area (Å²) in [4.78, 5) is 27.6. The van der Waals surface area contributed by atoms with E-state index in [0.717, 1.165) is 5.39 Å². The second-order valence-electron chi connectivity index (χ2n) is 8.10. The van der Waals surface area contributed by atoms with Crippen LogP contribution in [-0.2, 0) is 21.7 Å². The van der Waals surface area contributed by atoms with Gasteiger partial charge in [0, 0.05) is 61.9 Å². The van der Waals surface area contributed by atoms with Crippen LogP contribution in [0.2, 0.25) is 0 Å². The fraction of sp³-hybridized carbons (Fsp3) is 0.500. The molecule has 162 valence electrons. The predicted molar refractivity (Wildman–Crippen MR) is 110 cm³/mol. The van der Waals surface area contributed by atoms with Crippen molar-refractivity contribution < 1.29 is 28.2 Å². The van der Waals surface area contributed by atoms with Crippen molar-refractivity contribution in [2.45, 2.75) is 18.5 Å². The van der Waals surface area contributed by atoms with Crippen LogP contribution in [0.5, 0.6) is 0 Å². The number of carboxylic acid groups (broad SMARTS) is 2. The Morgan fingerprint density at radius 1 is 1.13 bits per heavy atom. The summed E-state index contributed by atoms with van der Waals surface area (Å²) in [5.41, 5.74) is 1.46. The molecule has 30 heavy (non-hydrogen) atoms. The number of aliphatic carboxylic acids is 1. The molecule has 3 heterocycles. The van der Waals surface area contributed by atoms with E-state index in [1.54, 1.807) is 29.9 Å². The molecule has 1 aromatic carbocycles. The number of carbonyl (C=O) groups is 2. The van der Waals surface area contributed by atoms with Crippen LogP contribution in [0.4, 0.5) is 0 Å². The molecular weight excluding hydrogens is 410 g/mol. The molecule has 1 aromatic heterocycles. The first kappa shape index (κ1) is 20.8. The van der Waals surface area contributed by atoms with Crippen molar-refractivity contribution in [2.75, 3.05) is 37.7 Å². The zero-order chi connectivity index (χ0) is 21.6. The lowest BCUT2D eigenvalue weighted by Gasteiger charge is -2.40. The monoisotopic (exact) mass is 435 g/mol. The molecule has 2 aromatic rings. The zero-order valence-corrected chi connectivity index (χ0v) is 17.5.